The normalized spacial score (nSPS) is 12.1. The van der Waals surface area contributed by atoms with E-state index in [4.69, 9.17) is 4.74 Å². The summed E-state index contributed by atoms with van der Waals surface area (Å²) >= 11 is 0. The van der Waals surface area contributed by atoms with Crippen LogP contribution in [0.2, 0.25) is 0 Å². The fourth-order valence-electron chi connectivity index (χ4n) is 4.44. The van der Waals surface area contributed by atoms with E-state index in [9.17, 15) is 14.7 Å². The molecule has 1 aliphatic heterocycles. The summed E-state index contributed by atoms with van der Waals surface area (Å²) in [4.78, 5) is 25.7. The molecule has 3 aromatic rings. The summed E-state index contributed by atoms with van der Waals surface area (Å²) in [5.41, 5.74) is 4.14. The number of carboxylic acids is 1. The van der Waals surface area contributed by atoms with Gasteiger partial charge in [0.2, 0.25) is 0 Å². The molecule has 1 aliphatic rings. The molecule has 1 amide bonds. The second-order valence-electron chi connectivity index (χ2n) is 9.23. The van der Waals surface area contributed by atoms with Gasteiger partial charge in [-0.1, -0.05) is 70.2 Å². The van der Waals surface area contributed by atoms with Crippen molar-refractivity contribution >= 4 is 29.9 Å². The number of nitrogens with one attached hydrogen (secondary N) is 1. The predicted molar refractivity (Wildman–Crippen MR) is 132 cm³/mol. The van der Waals surface area contributed by atoms with Crippen LogP contribution in [0.3, 0.4) is 0 Å². The van der Waals surface area contributed by atoms with E-state index < -0.39 is 5.97 Å². The summed E-state index contributed by atoms with van der Waals surface area (Å²) in [7, 11) is 0. The monoisotopic (exact) mass is 454 g/mol. The number of carboxylic acid groups (broad SMARTS) is 1. The van der Waals surface area contributed by atoms with Gasteiger partial charge in [-0.15, -0.1) is 0 Å². The molecule has 0 saturated heterocycles. The number of aryl methyl sites for hydroxylation is 1. The minimum atomic E-state index is -1.36. The Kier molecular flexibility index (Phi) is 6.29. The lowest BCUT2D eigenvalue weighted by atomic mass is 9.91. The van der Waals surface area contributed by atoms with Crippen LogP contribution in [0.4, 0.5) is 5.69 Å². The Bertz CT molecular complexity index is 1390. The van der Waals surface area contributed by atoms with Crippen LogP contribution in [0.1, 0.15) is 82.5 Å². The number of anilines is 1. The minimum Gasteiger partial charge on any atom is -0.545 e. The van der Waals surface area contributed by atoms with Crippen LogP contribution in [0.25, 0.3) is 12.3 Å². The zero-order valence-corrected chi connectivity index (χ0v) is 20.1. The summed E-state index contributed by atoms with van der Waals surface area (Å²) in [5.74, 6) is -1.14. The van der Waals surface area contributed by atoms with Crippen molar-refractivity contribution in [1.82, 2.24) is 0 Å². The topological polar surface area (TPSA) is 78.5 Å². The first-order valence-electron chi connectivity index (χ1n) is 11.5. The molecule has 0 radical (unpaired) electrons. The third-order valence-corrected chi connectivity index (χ3v) is 6.17. The van der Waals surface area contributed by atoms with Gasteiger partial charge in [0, 0.05) is 22.0 Å². The minimum absolute atomic E-state index is 0.0881. The van der Waals surface area contributed by atoms with E-state index in [-0.39, 0.29) is 29.1 Å². The maximum absolute atomic E-state index is 13.8. The fourth-order valence-corrected chi connectivity index (χ4v) is 4.44. The third-order valence-electron chi connectivity index (χ3n) is 6.17. The van der Waals surface area contributed by atoms with E-state index in [2.05, 4.69) is 33.0 Å². The van der Waals surface area contributed by atoms with E-state index in [0.717, 1.165) is 27.3 Å². The van der Waals surface area contributed by atoms with Crippen molar-refractivity contribution in [3.8, 4) is 5.75 Å². The maximum atomic E-state index is 13.8. The molecule has 0 spiro atoms. The quantitative estimate of drug-likeness (QED) is 0.636. The third kappa shape index (κ3) is 4.21. The fraction of sp³-hybridized carbons (Fsp3) is 0.241. The smallest absolute Gasteiger partial charge is 0.256 e. The van der Waals surface area contributed by atoms with Crippen LogP contribution in [0.15, 0.2) is 48.5 Å². The van der Waals surface area contributed by atoms with Gasteiger partial charge in [0.15, 0.2) is 0 Å². The van der Waals surface area contributed by atoms with Crippen molar-refractivity contribution in [1.29, 1.82) is 0 Å². The van der Waals surface area contributed by atoms with Crippen molar-refractivity contribution in [3.63, 3.8) is 0 Å². The largest absolute Gasteiger partial charge is 0.545 e. The lowest BCUT2D eigenvalue weighted by molar-refractivity contribution is -0.255. The van der Waals surface area contributed by atoms with Gasteiger partial charge in [0.05, 0.1) is 17.8 Å². The molecule has 5 nitrogen and oxygen atoms in total. The molecule has 5 heteroatoms. The van der Waals surface area contributed by atoms with Crippen LogP contribution >= 0.6 is 0 Å². The molecule has 3 aromatic carbocycles. The second kappa shape index (κ2) is 9.18. The van der Waals surface area contributed by atoms with E-state index in [1.807, 2.05) is 42.5 Å². The van der Waals surface area contributed by atoms with Gasteiger partial charge in [-0.2, -0.15) is 0 Å². The zero-order valence-electron chi connectivity index (χ0n) is 20.1. The number of carbonyl (C=O) groups is 2. The number of hydrogen-bond acceptors (Lipinski definition) is 4. The molecule has 0 saturated carbocycles. The Hall–Kier alpha value is -3.86. The lowest BCUT2D eigenvalue weighted by Gasteiger charge is -2.22. The van der Waals surface area contributed by atoms with Crippen LogP contribution in [0, 0.1) is 6.92 Å². The number of rotatable bonds is 5. The number of para-hydroxylation sites is 1. The molecule has 174 valence electrons. The van der Waals surface area contributed by atoms with Crippen molar-refractivity contribution in [3.05, 3.63) is 92.3 Å². The second-order valence-corrected chi connectivity index (χ2v) is 9.23. The van der Waals surface area contributed by atoms with Crippen molar-refractivity contribution in [2.75, 3.05) is 5.32 Å². The number of aromatic carboxylic acids is 1. The van der Waals surface area contributed by atoms with Gasteiger partial charge in [-0.3, -0.25) is 4.79 Å². The molecule has 0 aliphatic carbocycles. The number of fused-ring (bicyclic) bond motifs is 2. The average molecular weight is 455 g/mol. The Labute approximate surface area is 199 Å². The van der Waals surface area contributed by atoms with Gasteiger partial charge >= 0.3 is 0 Å². The van der Waals surface area contributed by atoms with Crippen molar-refractivity contribution < 1.29 is 19.4 Å². The number of amides is 1. The Balaban J connectivity index is 1.94. The molecular formula is C29H28NO4-. The summed E-state index contributed by atoms with van der Waals surface area (Å²) in [6, 6.07) is 15.0. The van der Waals surface area contributed by atoms with Crippen LogP contribution in [-0.4, -0.2) is 11.9 Å². The lowest BCUT2D eigenvalue weighted by Crippen LogP contribution is -2.25. The van der Waals surface area contributed by atoms with Crippen molar-refractivity contribution in [2.45, 2.75) is 46.5 Å². The van der Waals surface area contributed by atoms with Crippen LogP contribution in [-0.2, 0) is 0 Å². The number of ether oxygens (including phenoxy) is 1. The highest BCUT2D eigenvalue weighted by molar-refractivity contribution is 6.10. The zero-order chi connectivity index (χ0) is 24.6. The number of carbonyl (C=O) groups excluding carboxylic acids is 2. The number of hydrogen-bond donors (Lipinski definition) is 1. The van der Waals surface area contributed by atoms with E-state index >= 15 is 0 Å². The predicted octanol–water partition coefficient (Wildman–Crippen LogP) is 3.82. The van der Waals surface area contributed by atoms with Crippen molar-refractivity contribution in [2.24, 2.45) is 0 Å². The standard InChI is InChI=1S/C29H29NO4/c1-16(2)21-11-8-12-22(17(3)4)26(21)30-28(31)25-18(5)13-24(29(32)33)27-23(25)14-19-9-6-7-10-20(19)15-34-27/h6-17H,1-5H3,(H,30,31)(H,32,33)/p-1. The average Bonchev–Trinajstić information content (AvgIpc) is 2.97. The first-order valence-corrected chi connectivity index (χ1v) is 11.5. The summed E-state index contributed by atoms with van der Waals surface area (Å²) in [6.45, 7) is 10.1. The molecule has 0 fully saturated rings. The maximum Gasteiger partial charge on any atom is 0.256 e. The summed E-state index contributed by atoms with van der Waals surface area (Å²) < 4.78 is 5.83. The SMILES string of the molecule is Cc1cc(C(=O)[O-])c2c(c1C(=O)Nc1c(C(C)C)cccc1C(C)C)C=c1ccccc1=CO2. The highest BCUT2D eigenvalue weighted by Gasteiger charge is 2.24. The first kappa shape index (κ1) is 23.3. The van der Waals surface area contributed by atoms with Gasteiger partial charge in [-0.05, 0) is 52.8 Å². The highest BCUT2D eigenvalue weighted by atomic mass is 16.5. The van der Waals surface area contributed by atoms with Crippen LogP contribution in [0.5, 0.6) is 5.75 Å². The Morgan fingerprint density at radius 2 is 1.53 bits per heavy atom. The molecule has 34 heavy (non-hydrogen) atoms. The van der Waals surface area contributed by atoms with E-state index in [0.29, 0.717) is 16.7 Å². The van der Waals surface area contributed by atoms with E-state index in [1.165, 1.54) is 12.3 Å². The molecule has 0 unspecified atom stereocenters. The highest BCUT2D eigenvalue weighted by Crippen LogP contribution is 2.35. The summed E-state index contributed by atoms with van der Waals surface area (Å²) in [6.07, 6.45) is 3.31. The molecule has 0 aromatic heterocycles. The Morgan fingerprint density at radius 1 is 0.912 bits per heavy atom. The summed E-state index contributed by atoms with van der Waals surface area (Å²) in [5, 5.41) is 16.7. The van der Waals surface area contributed by atoms with Crippen LogP contribution < -0.4 is 25.6 Å². The first-order chi connectivity index (χ1) is 16.2. The molecule has 1 heterocycles. The number of benzene rings is 3. The van der Waals surface area contributed by atoms with Gasteiger partial charge < -0.3 is 20.0 Å². The molecule has 1 N–H and O–H groups in total. The molecule has 0 atom stereocenters. The van der Waals surface area contributed by atoms with Gasteiger partial charge in [0.1, 0.15) is 5.75 Å². The molecule has 0 bridgehead atoms. The Morgan fingerprint density at radius 3 is 2.12 bits per heavy atom. The van der Waals surface area contributed by atoms with E-state index in [1.54, 1.807) is 13.0 Å². The molecular weight excluding hydrogens is 426 g/mol. The van der Waals surface area contributed by atoms with Gasteiger partial charge in [-0.25, -0.2) is 0 Å². The van der Waals surface area contributed by atoms with Gasteiger partial charge in [0.25, 0.3) is 5.91 Å². The molecule has 4 rings (SSSR count).